The molecule has 0 bridgehead atoms. The van der Waals surface area contributed by atoms with Gasteiger partial charge in [0.05, 0.1) is 22.0 Å². The van der Waals surface area contributed by atoms with Crippen molar-refractivity contribution in [2.24, 2.45) is 10.9 Å². The van der Waals surface area contributed by atoms with Crippen molar-refractivity contribution in [1.29, 1.82) is 0 Å². The van der Waals surface area contributed by atoms with Gasteiger partial charge in [-0.2, -0.15) is 0 Å². The van der Waals surface area contributed by atoms with Gasteiger partial charge in [-0.15, -0.1) is 24.0 Å². The van der Waals surface area contributed by atoms with Gasteiger partial charge in [0.25, 0.3) is 0 Å². The first kappa shape index (κ1) is 22.2. The van der Waals surface area contributed by atoms with Crippen molar-refractivity contribution in [1.82, 2.24) is 10.2 Å². The molecular weight excluding hydrogens is 489 g/mol. The lowest BCUT2D eigenvalue weighted by Gasteiger charge is -2.45. The second-order valence-electron chi connectivity index (χ2n) is 7.68. The van der Waals surface area contributed by atoms with E-state index in [1.807, 2.05) is 0 Å². The molecule has 3 aliphatic rings. The number of halogens is 1. The van der Waals surface area contributed by atoms with Gasteiger partial charge in [-0.1, -0.05) is 19.3 Å². The molecule has 1 atom stereocenters. The number of sulfone groups is 2. The maximum absolute atomic E-state index is 12.7. The normalized spacial score (nSPS) is 30.0. The fourth-order valence-electron chi connectivity index (χ4n) is 4.42. The van der Waals surface area contributed by atoms with Crippen molar-refractivity contribution >= 4 is 49.6 Å². The summed E-state index contributed by atoms with van der Waals surface area (Å²) < 4.78 is 48.0. The van der Waals surface area contributed by atoms with Crippen LogP contribution in [0.1, 0.15) is 38.5 Å². The highest BCUT2D eigenvalue weighted by Gasteiger charge is 2.48. The van der Waals surface area contributed by atoms with Crippen LogP contribution in [0.15, 0.2) is 4.99 Å². The average molecular weight is 519 g/mol. The number of guanidine groups is 1. The Morgan fingerprint density at radius 2 is 1.85 bits per heavy atom. The van der Waals surface area contributed by atoms with Gasteiger partial charge in [0, 0.05) is 26.7 Å². The molecule has 26 heavy (non-hydrogen) atoms. The van der Waals surface area contributed by atoms with Gasteiger partial charge in [0.15, 0.2) is 25.6 Å². The van der Waals surface area contributed by atoms with E-state index in [0.29, 0.717) is 32.0 Å². The maximum Gasteiger partial charge on any atom is 0.193 e. The third-order valence-electron chi connectivity index (χ3n) is 5.92. The maximum atomic E-state index is 12.7. The molecule has 0 radical (unpaired) electrons. The van der Waals surface area contributed by atoms with E-state index in [-0.39, 0.29) is 47.2 Å². The molecule has 2 heterocycles. The van der Waals surface area contributed by atoms with E-state index < -0.39 is 24.4 Å². The number of nitrogens with zero attached hydrogens (tertiary/aromatic N) is 2. The van der Waals surface area contributed by atoms with Gasteiger partial charge in [-0.05, 0) is 25.2 Å². The zero-order valence-electron chi connectivity index (χ0n) is 15.3. The highest BCUT2D eigenvalue weighted by Crippen LogP contribution is 2.38. The number of hydrogen-bond donors (Lipinski definition) is 1. The lowest BCUT2D eigenvalue weighted by atomic mass is 9.87. The van der Waals surface area contributed by atoms with E-state index >= 15 is 0 Å². The summed E-state index contributed by atoms with van der Waals surface area (Å²) in [4.78, 5) is 6.37. The Labute approximate surface area is 174 Å². The summed E-state index contributed by atoms with van der Waals surface area (Å²) in [6.07, 6.45) is 5.22. The summed E-state index contributed by atoms with van der Waals surface area (Å²) in [6.45, 7) is 1.52. The molecule has 1 unspecified atom stereocenters. The molecule has 10 heteroatoms. The second kappa shape index (κ2) is 8.50. The SMILES string of the molecule is CN=C(NCC1CCS(=O)(=O)C1)N1CCS(=O)(=O)C2(CCCCC2)C1.I. The van der Waals surface area contributed by atoms with Crippen LogP contribution in [0.25, 0.3) is 0 Å². The minimum atomic E-state index is -3.07. The number of nitrogens with one attached hydrogen (secondary N) is 1. The van der Waals surface area contributed by atoms with Crippen molar-refractivity contribution in [2.75, 3.05) is 43.9 Å². The molecule has 1 aliphatic carbocycles. The lowest BCUT2D eigenvalue weighted by Crippen LogP contribution is -2.60. The number of aliphatic imine (C=N–C) groups is 1. The Morgan fingerprint density at radius 1 is 1.15 bits per heavy atom. The summed E-state index contributed by atoms with van der Waals surface area (Å²) in [7, 11) is -4.26. The van der Waals surface area contributed by atoms with Crippen LogP contribution in [0.3, 0.4) is 0 Å². The smallest absolute Gasteiger partial charge is 0.193 e. The van der Waals surface area contributed by atoms with E-state index in [1.54, 1.807) is 7.05 Å². The van der Waals surface area contributed by atoms with Crippen LogP contribution in [0.2, 0.25) is 0 Å². The molecule has 3 fully saturated rings. The highest BCUT2D eigenvalue weighted by molar-refractivity contribution is 14.0. The van der Waals surface area contributed by atoms with Gasteiger partial charge in [-0.25, -0.2) is 16.8 Å². The molecule has 3 rings (SSSR count). The number of hydrogen-bond acceptors (Lipinski definition) is 5. The first-order valence-electron chi connectivity index (χ1n) is 9.15. The monoisotopic (exact) mass is 519 g/mol. The summed E-state index contributed by atoms with van der Waals surface area (Å²) in [6, 6.07) is 0. The van der Waals surface area contributed by atoms with Crippen LogP contribution in [0, 0.1) is 5.92 Å². The van der Waals surface area contributed by atoms with Crippen LogP contribution >= 0.6 is 24.0 Å². The van der Waals surface area contributed by atoms with Crippen LogP contribution < -0.4 is 5.32 Å². The first-order valence-corrected chi connectivity index (χ1v) is 12.6. The van der Waals surface area contributed by atoms with Crippen molar-refractivity contribution in [3.8, 4) is 0 Å². The van der Waals surface area contributed by atoms with Gasteiger partial charge >= 0.3 is 0 Å². The quantitative estimate of drug-likeness (QED) is 0.333. The molecule has 7 nitrogen and oxygen atoms in total. The molecule has 152 valence electrons. The van der Waals surface area contributed by atoms with E-state index in [0.717, 1.165) is 32.1 Å². The molecule has 0 amide bonds. The minimum absolute atomic E-state index is 0. The molecule has 1 saturated carbocycles. The topological polar surface area (TPSA) is 95.9 Å². The van der Waals surface area contributed by atoms with Crippen LogP contribution in [0.5, 0.6) is 0 Å². The largest absolute Gasteiger partial charge is 0.356 e. The molecule has 1 N–H and O–H groups in total. The average Bonchev–Trinajstić information content (AvgIpc) is 2.91. The van der Waals surface area contributed by atoms with E-state index in [2.05, 4.69) is 15.2 Å². The number of rotatable bonds is 2. The molecule has 1 spiro atoms. The standard InChI is InChI=1S/C16H29N3O4S2.HI/c1-17-15(18-11-14-5-9-24(20,21)12-14)19-8-10-25(22,23)16(13-19)6-3-2-4-7-16;/h14H,2-13H2,1H3,(H,17,18);1H. The molecule has 2 saturated heterocycles. The van der Waals surface area contributed by atoms with E-state index in [4.69, 9.17) is 0 Å². The Bertz CT molecular complexity index is 731. The van der Waals surface area contributed by atoms with Crippen molar-refractivity contribution in [3.05, 3.63) is 0 Å². The molecule has 0 aromatic rings. The van der Waals surface area contributed by atoms with E-state index in [9.17, 15) is 16.8 Å². The first-order chi connectivity index (χ1) is 11.8. The third kappa shape index (κ3) is 4.65. The van der Waals surface area contributed by atoms with Gasteiger partial charge < -0.3 is 10.2 Å². The van der Waals surface area contributed by atoms with Gasteiger partial charge in [0.1, 0.15) is 0 Å². The Balaban J connectivity index is 0.00000243. The Morgan fingerprint density at radius 3 is 2.42 bits per heavy atom. The molecule has 0 aromatic carbocycles. The summed E-state index contributed by atoms with van der Waals surface area (Å²) >= 11 is 0. The predicted octanol–water partition coefficient (Wildman–Crippen LogP) is 1.05. The Kier molecular flexibility index (Phi) is 7.26. The fourth-order valence-corrected chi connectivity index (χ4v) is 8.44. The third-order valence-corrected chi connectivity index (χ3v) is 10.3. The Hall–Kier alpha value is -0.100. The fraction of sp³-hybridized carbons (Fsp3) is 0.938. The van der Waals surface area contributed by atoms with Gasteiger partial charge in [-0.3, -0.25) is 4.99 Å². The van der Waals surface area contributed by atoms with E-state index in [1.165, 1.54) is 0 Å². The molecule has 0 aromatic heterocycles. The zero-order chi connectivity index (χ0) is 18.1. The predicted molar refractivity (Wildman–Crippen MR) is 115 cm³/mol. The van der Waals surface area contributed by atoms with Crippen LogP contribution in [-0.2, 0) is 19.7 Å². The second-order valence-corrected chi connectivity index (χ2v) is 12.4. The summed E-state index contributed by atoms with van der Waals surface area (Å²) in [5.41, 5.74) is 0. The summed E-state index contributed by atoms with van der Waals surface area (Å²) in [5, 5.41) is 3.28. The summed E-state index contributed by atoms with van der Waals surface area (Å²) in [5.74, 6) is 1.48. The van der Waals surface area contributed by atoms with Gasteiger partial charge in [0.2, 0.25) is 0 Å². The lowest BCUT2D eigenvalue weighted by molar-refractivity contribution is 0.273. The molecule has 2 aliphatic heterocycles. The molecular formula is C16H30IN3O4S2. The zero-order valence-corrected chi connectivity index (χ0v) is 19.3. The van der Waals surface area contributed by atoms with Crippen molar-refractivity contribution in [2.45, 2.75) is 43.3 Å². The minimum Gasteiger partial charge on any atom is -0.356 e. The van der Waals surface area contributed by atoms with Crippen LogP contribution in [-0.4, -0.2) is 76.4 Å². The van der Waals surface area contributed by atoms with Crippen LogP contribution in [0.4, 0.5) is 0 Å². The van der Waals surface area contributed by atoms with Crippen molar-refractivity contribution < 1.29 is 16.8 Å². The van der Waals surface area contributed by atoms with Crippen molar-refractivity contribution in [3.63, 3.8) is 0 Å². The highest BCUT2D eigenvalue weighted by atomic mass is 127.